The maximum absolute atomic E-state index is 12.6. The highest BCUT2D eigenvalue weighted by Crippen LogP contribution is 2.22. The third-order valence-corrected chi connectivity index (χ3v) is 4.61. The van der Waals surface area contributed by atoms with Crippen molar-refractivity contribution in [1.82, 2.24) is 19.3 Å². The number of aryl methyl sites for hydroxylation is 2. The lowest BCUT2D eigenvalue weighted by Gasteiger charge is -2.09. The van der Waals surface area contributed by atoms with Gasteiger partial charge in [0.2, 0.25) is 5.95 Å². The van der Waals surface area contributed by atoms with Crippen LogP contribution in [0, 0.1) is 6.92 Å². The number of anilines is 1. The first-order chi connectivity index (χ1) is 12.5. The van der Waals surface area contributed by atoms with Crippen LogP contribution in [0.2, 0.25) is 0 Å². The minimum atomic E-state index is -0.203. The number of amides is 1. The van der Waals surface area contributed by atoms with Crippen molar-refractivity contribution in [3.8, 4) is 5.95 Å². The molecule has 26 heavy (non-hydrogen) atoms. The van der Waals surface area contributed by atoms with E-state index in [1.807, 2.05) is 61.0 Å². The zero-order valence-corrected chi connectivity index (χ0v) is 15.9. The van der Waals surface area contributed by atoms with Gasteiger partial charge in [-0.15, -0.1) is 0 Å². The van der Waals surface area contributed by atoms with Crippen molar-refractivity contribution in [3.05, 3.63) is 70.3 Å². The summed E-state index contributed by atoms with van der Waals surface area (Å²) < 4.78 is 4.46. The van der Waals surface area contributed by atoms with Gasteiger partial charge in [0, 0.05) is 23.2 Å². The number of benzene rings is 2. The number of carbonyl (C=O) groups is 1. The van der Waals surface area contributed by atoms with Crippen LogP contribution in [0.5, 0.6) is 0 Å². The summed E-state index contributed by atoms with van der Waals surface area (Å²) in [5.74, 6) is 1.01. The summed E-state index contributed by atoms with van der Waals surface area (Å²) in [6, 6.07) is 17.0. The summed E-state index contributed by atoms with van der Waals surface area (Å²) in [5.41, 5.74) is 3.23. The van der Waals surface area contributed by atoms with Gasteiger partial charge >= 0.3 is 0 Å². The van der Waals surface area contributed by atoms with Crippen LogP contribution in [-0.4, -0.2) is 25.2 Å². The predicted octanol–water partition coefficient (Wildman–Crippen LogP) is 4.08. The Morgan fingerprint density at radius 3 is 2.69 bits per heavy atom. The average molecular weight is 410 g/mol. The second-order valence-electron chi connectivity index (χ2n) is 6.01. The molecule has 2 aromatic heterocycles. The lowest BCUT2D eigenvalue weighted by atomic mass is 10.2. The third kappa shape index (κ3) is 2.90. The zero-order valence-electron chi connectivity index (χ0n) is 14.3. The highest BCUT2D eigenvalue weighted by Gasteiger charge is 2.17. The maximum Gasteiger partial charge on any atom is 0.256 e. The fourth-order valence-corrected chi connectivity index (χ4v) is 3.28. The van der Waals surface area contributed by atoms with Crippen LogP contribution in [-0.2, 0) is 7.05 Å². The summed E-state index contributed by atoms with van der Waals surface area (Å²) >= 11 is 3.39. The van der Waals surface area contributed by atoms with Gasteiger partial charge in [-0.2, -0.15) is 9.78 Å². The summed E-state index contributed by atoms with van der Waals surface area (Å²) in [6.45, 7) is 1.88. The van der Waals surface area contributed by atoms with E-state index in [4.69, 9.17) is 0 Å². The zero-order chi connectivity index (χ0) is 18.3. The van der Waals surface area contributed by atoms with Gasteiger partial charge in [0.25, 0.3) is 5.91 Å². The van der Waals surface area contributed by atoms with Crippen molar-refractivity contribution in [2.75, 3.05) is 5.32 Å². The number of aromatic nitrogens is 4. The summed E-state index contributed by atoms with van der Waals surface area (Å²) in [5, 5.41) is 7.44. The molecule has 0 aliphatic rings. The minimum absolute atomic E-state index is 0.203. The van der Waals surface area contributed by atoms with E-state index in [0.29, 0.717) is 17.3 Å². The third-order valence-electron chi connectivity index (χ3n) is 4.11. The molecule has 0 saturated carbocycles. The van der Waals surface area contributed by atoms with Crippen molar-refractivity contribution < 1.29 is 4.79 Å². The standard InChI is InChI=1S/C19H16BrN5O/c1-12-10-17(22-18(26)13-6-5-7-14(20)11-13)25(23-12)19-21-15-8-3-4-9-16(15)24(19)2/h3-11H,1-2H3,(H,22,26). The van der Waals surface area contributed by atoms with Gasteiger partial charge in [0.1, 0.15) is 5.82 Å². The normalized spacial score (nSPS) is 11.0. The van der Waals surface area contributed by atoms with Crippen LogP contribution in [0.1, 0.15) is 16.1 Å². The number of nitrogens with one attached hydrogen (secondary N) is 1. The maximum atomic E-state index is 12.6. The Labute approximate surface area is 158 Å². The van der Waals surface area contributed by atoms with Crippen molar-refractivity contribution in [2.24, 2.45) is 7.05 Å². The van der Waals surface area contributed by atoms with Gasteiger partial charge in [0.05, 0.1) is 16.7 Å². The van der Waals surface area contributed by atoms with E-state index in [0.717, 1.165) is 21.2 Å². The van der Waals surface area contributed by atoms with Crippen molar-refractivity contribution in [1.29, 1.82) is 0 Å². The van der Waals surface area contributed by atoms with Gasteiger partial charge in [-0.1, -0.05) is 34.1 Å². The first kappa shape index (κ1) is 16.5. The Hall–Kier alpha value is -2.93. The molecule has 2 aromatic carbocycles. The Balaban J connectivity index is 1.75. The SMILES string of the molecule is Cc1cc(NC(=O)c2cccc(Br)c2)n(-c2nc3ccccc3n2C)n1. The molecule has 4 aromatic rings. The topological polar surface area (TPSA) is 64.7 Å². The number of carbonyl (C=O) groups excluding carboxylic acids is 1. The van der Waals surface area contributed by atoms with Crippen molar-refractivity contribution >= 4 is 38.7 Å². The monoisotopic (exact) mass is 409 g/mol. The largest absolute Gasteiger partial charge is 0.311 e. The molecule has 1 amide bonds. The second-order valence-corrected chi connectivity index (χ2v) is 6.92. The molecule has 0 spiro atoms. The molecule has 0 aliphatic heterocycles. The first-order valence-electron chi connectivity index (χ1n) is 8.08. The van der Waals surface area contributed by atoms with Crippen LogP contribution < -0.4 is 5.32 Å². The average Bonchev–Trinajstić information content (AvgIpc) is 3.15. The van der Waals surface area contributed by atoms with Gasteiger partial charge < -0.3 is 9.88 Å². The quantitative estimate of drug-likeness (QED) is 0.554. The number of para-hydroxylation sites is 2. The smallest absolute Gasteiger partial charge is 0.256 e. The van der Waals surface area contributed by atoms with E-state index >= 15 is 0 Å². The Morgan fingerprint density at radius 1 is 1.12 bits per heavy atom. The molecule has 0 aliphatic carbocycles. The van der Waals surface area contributed by atoms with Crippen molar-refractivity contribution in [3.63, 3.8) is 0 Å². The van der Waals surface area contributed by atoms with E-state index in [1.165, 1.54) is 0 Å². The summed E-state index contributed by atoms with van der Waals surface area (Å²) in [4.78, 5) is 17.3. The highest BCUT2D eigenvalue weighted by atomic mass is 79.9. The number of hydrogen-bond acceptors (Lipinski definition) is 3. The first-order valence-corrected chi connectivity index (χ1v) is 8.87. The molecule has 0 unspecified atom stereocenters. The molecule has 2 heterocycles. The van der Waals surface area contributed by atoms with Crippen LogP contribution in [0.3, 0.4) is 0 Å². The molecule has 6 nitrogen and oxygen atoms in total. The van der Waals surface area contributed by atoms with E-state index < -0.39 is 0 Å². The van der Waals surface area contributed by atoms with Crippen molar-refractivity contribution in [2.45, 2.75) is 6.92 Å². The van der Waals surface area contributed by atoms with Gasteiger partial charge in [-0.3, -0.25) is 4.79 Å². The van der Waals surface area contributed by atoms with E-state index in [2.05, 4.69) is 31.3 Å². The fourth-order valence-electron chi connectivity index (χ4n) is 2.88. The minimum Gasteiger partial charge on any atom is -0.311 e. The summed E-state index contributed by atoms with van der Waals surface area (Å²) in [7, 11) is 1.93. The lowest BCUT2D eigenvalue weighted by molar-refractivity contribution is 0.102. The second kappa shape index (κ2) is 6.42. The molecule has 1 N–H and O–H groups in total. The molecule has 0 fully saturated rings. The van der Waals surface area contributed by atoms with Crippen LogP contribution in [0.4, 0.5) is 5.82 Å². The lowest BCUT2D eigenvalue weighted by Crippen LogP contribution is -2.16. The molecular weight excluding hydrogens is 394 g/mol. The van der Waals surface area contributed by atoms with E-state index in [-0.39, 0.29) is 5.91 Å². The van der Waals surface area contributed by atoms with Crippen LogP contribution in [0.15, 0.2) is 59.1 Å². The fraction of sp³-hybridized carbons (Fsp3) is 0.105. The molecule has 0 saturated heterocycles. The number of imidazole rings is 1. The number of fused-ring (bicyclic) bond motifs is 1. The van der Waals surface area contributed by atoms with Crippen LogP contribution >= 0.6 is 15.9 Å². The summed E-state index contributed by atoms with van der Waals surface area (Å²) in [6.07, 6.45) is 0. The molecule has 0 atom stereocenters. The Bertz CT molecular complexity index is 1130. The van der Waals surface area contributed by atoms with E-state index in [1.54, 1.807) is 16.8 Å². The number of rotatable bonds is 3. The molecule has 7 heteroatoms. The van der Waals surface area contributed by atoms with Crippen LogP contribution in [0.25, 0.3) is 17.0 Å². The van der Waals surface area contributed by atoms with Gasteiger partial charge in [-0.05, 0) is 37.3 Å². The Morgan fingerprint density at radius 2 is 1.92 bits per heavy atom. The number of halogens is 1. The van der Waals surface area contributed by atoms with Gasteiger partial charge in [-0.25, -0.2) is 4.98 Å². The predicted molar refractivity (Wildman–Crippen MR) is 105 cm³/mol. The number of hydrogen-bond donors (Lipinski definition) is 1. The highest BCUT2D eigenvalue weighted by molar-refractivity contribution is 9.10. The molecule has 0 bridgehead atoms. The molecule has 0 radical (unpaired) electrons. The molecule has 130 valence electrons. The molecule has 4 rings (SSSR count). The Kier molecular flexibility index (Phi) is 4.08. The van der Waals surface area contributed by atoms with Gasteiger partial charge in [0.15, 0.2) is 0 Å². The van der Waals surface area contributed by atoms with E-state index in [9.17, 15) is 4.79 Å². The molecular formula is C19H16BrN5O. The number of nitrogens with zero attached hydrogens (tertiary/aromatic N) is 4.